The summed E-state index contributed by atoms with van der Waals surface area (Å²) in [6.45, 7) is 5.69. The van der Waals surface area contributed by atoms with Gasteiger partial charge in [0.2, 0.25) is 20.9 Å². The molecule has 1 saturated carbocycles. The molecule has 1 atom stereocenters. The number of aromatic nitrogens is 2. The molecule has 1 aliphatic carbocycles. The van der Waals surface area contributed by atoms with Crippen molar-refractivity contribution in [2.24, 2.45) is 11.8 Å². The Hall–Kier alpha value is -2.26. The third kappa shape index (κ3) is 5.81. The zero-order valence-corrected chi connectivity index (χ0v) is 20.1. The van der Waals surface area contributed by atoms with Crippen LogP contribution in [0, 0.1) is 17.7 Å². The molecule has 2 heterocycles. The Morgan fingerprint density at radius 3 is 2.67 bits per heavy atom. The lowest BCUT2D eigenvalue weighted by Crippen LogP contribution is -2.36. The molecule has 4 rings (SSSR count). The van der Waals surface area contributed by atoms with Crippen LogP contribution in [0.5, 0.6) is 0 Å². The molecular formula is C24H32FN3O4S. The highest BCUT2D eigenvalue weighted by Gasteiger charge is 2.31. The standard InChI is InChI=1S/C24H32FN3O4S/c1-17(2)23(29)27(13-18-9-10-18)14-20-12-26-24(28(20)15-21-7-5-11-32-21)33(30,31)16-19-6-3-4-8-22(19)25/h3-4,6,8,12,17-18,21H,5,7,9-11,13-16H2,1-2H3/t21-/m1/s1. The van der Waals surface area contributed by atoms with E-state index in [-0.39, 0.29) is 28.6 Å². The highest BCUT2D eigenvalue weighted by Crippen LogP contribution is 2.31. The van der Waals surface area contributed by atoms with Gasteiger partial charge in [0, 0.05) is 24.6 Å². The first kappa shape index (κ1) is 23.9. The summed E-state index contributed by atoms with van der Waals surface area (Å²) in [7, 11) is -3.92. The molecule has 0 spiro atoms. The number of sulfone groups is 1. The van der Waals surface area contributed by atoms with Crippen molar-refractivity contribution in [1.82, 2.24) is 14.5 Å². The average Bonchev–Trinajstić information content (AvgIpc) is 3.26. The van der Waals surface area contributed by atoms with E-state index in [1.165, 1.54) is 24.4 Å². The molecule has 0 N–H and O–H groups in total. The van der Waals surface area contributed by atoms with Crippen LogP contribution in [0.25, 0.3) is 0 Å². The van der Waals surface area contributed by atoms with Gasteiger partial charge in [-0.3, -0.25) is 4.79 Å². The molecule has 2 fully saturated rings. The Morgan fingerprint density at radius 2 is 2.03 bits per heavy atom. The van der Waals surface area contributed by atoms with Crippen LogP contribution in [0.1, 0.15) is 50.8 Å². The van der Waals surface area contributed by atoms with Crippen LogP contribution < -0.4 is 0 Å². The minimum Gasteiger partial charge on any atom is -0.376 e. The first-order chi connectivity index (χ1) is 15.7. The predicted molar refractivity (Wildman–Crippen MR) is 121 cm³/mol. The van der Waals surface area contributed by atoms with E-state index >= 15 is 0 Å². The summed E-state index contributed by atoms with van der Waals surface area (Å²) in [6.07, 6.45) is 5.40. The fourth-order valence-corrected chi connectivity index (χ4v) is 5.76. The maximum absolute atomic E-state index is 14.2. The molecule has 9 heteroatoms. The lowest BCUT2D eigenvalue weighted by atomic mass is 10.1. The monoisotopic (exact) mass is 477 g/mol. The van der Waals surface area contributed by atoms with Gasteiger partial charge >= 0.3 is 0 Å². The van der Waals surface area contributed by atoms with E-state index in [0.717, 1.165) is 25.7 Å². The third-order valence-electron chi connectivity index (χ3n) is 6.23. The summed E-state index contributed by atoms with van der Waals surface area (Å²) < 4.78 is 48.2. The highest BCUT2D eigenvalue weighted by atomic mass is 32.2. The van der Waals surface area contributed by atoms with Crippen LogP contribution in [0.15, 0.2) is 35.6 Å². The number of halogens is 1. The fraction of sp³-hybridized carbons (Fsp3) is 0.583. The maximum Gasteiger partial charge on any atom is 0.228 e. The van der Waals surface area contributed by atoms with Gasteiger partial charge < -0.3 is 14.2 Å². The van der Waals surface area contributed by atoms with Crippen LogP contribution in [0.4, 0.5) is 4.39 Å². The number of carbonyl (C=O) groups is 1. The molecule has 1 aliphatic heterocycles. The minimum atomic E-state index is -3.92. The van der Waals surface area contributed by atoms with Crippen LogP contribution in [-0.4, -0.2) is 48.0 Å². The second-order valence-corrected chi connectivity index (χ2v) is 11.3. The second-order valence-electron chi connectivity index (χ2n) is 9.45. The normalized spacial score (nSPS) is 18.7. The predicted octanol–water partition coefficient (Wildman–Crippen LogP) is 3.57. The molecule has 0 radical (unpaired) electrons. The minimum absolute atomic E-state index is 0.0440. The van der Waals surface area contributed by atoms with Crippen molar-refractivity contribution in [3.63, 3.8) is 0 Å². The molecule has 2 aromatic rings. The summed E-state index contributed by atoms with van der Waals surface area (Å²) in [5.41, 5.74) is 0.767. The molecule has 1 aromatic carbocycles. The molecule has 7 nitrogen and oxygen atoms in total. The van der Waals surface area contributed by atoms with E-state index in [4.69, 9.17) is 4.74 Å². The molecular weight excluding hydrogens is 445 g/mol. The zero-order chi connectivity index (χ0) is 23.6. The van der Waals surface area contributed by atoms with Crippen molar-refractivity contribution in [3.05, 3.63) is 47.5 Å². The average molecular weight is 478 g/mol. The van der Waals surface area contributed by atoms with Crippen molar-refractivity contribution >= 4 is 15.7 Å². The van der Waals surface area contributed by atoms with Crippen LogP contribution in [0.3, 0.4) is 0 Å². The molecule has 0 unspecified atom stereocenters. The molecule has 1 amide bonds. The van der Waals surface area contributed by atoms with E-state index in [0.29, 0.717) is 37.9 Å². The van der Waals surface area contributed by atoms with Gasteiger partial charge in [0.15, 0.2) is 0 Å². The number of hydrogen-bond donors (Lipinski definition) is 0. The Kier molecular flexibility index (Phi) is 7.19. The number of rotatable bonds is 10. The van der Waals surface area contributed by atoms with Gasteiger partial charge in [0.1, 0.15) is 5.82 Å². The molecule has 33 heavy (non-hydrogen) atoms. The number of imidazole rings is 1. The van der Waals surface area contributed by atoms with Gasteiger partial charge in [-0.2, -0.15) is 0 Å². The number of nitrogens with zero attached hydrogens (tertiary/aromatic N) is 3. The maximum atomic E-state index is 14.2. The molecule has 2 aliphatic rings. The summed E-state index contributed by atoms with van der Waals surface area (Å²) >= 11 is 0. The van der Waals surface area contributed by atoms with Crippen molar-refractivity contribution in [3.8, 4) is 0 Å². The lowest BCUT2D eigenvalue weighted by Gasteiger charge is -2.26. The van der Waals surface area contributed by atoms with Crippen LogP contribution >= 0.6 is 0 Å². The SMILES string of the molecule is CC(C)C(=O)N(Cc1cnc(S(=O)(=O)Cc2ccccc2F)n1C[C@H]1CCCO1)CC1CC1. The van der Waals surface area contributed by atoms with Gasteiger partial charge in [-0.05, 0) is 37.7 Å². The second kappa shape index (κ2) is 9.93. The van der Waals surface area contributed by atoms with Gasteiger partial charge in [0.05, 0.1) is 36.8 Å². The highest BCUT2D eigenvalue weighted by molar-refractivity contribution is 7.90. The van der Waals surface area contributed by atoms with Gasteiger partial charge in [-0.25, -0.2) is 17.8 Å². The quantitative estimate of drug-likeness (QED) is 0.523. The van der Waals surface area contributed by atoms with Crippen molar-refractivity contribution in [2.45, 2.75) is 69.6 Å². The number of ether oxygens (including phenoxy) is 1. The van der Waals surface area contributed by atoms with E-state index in [1.807, 2.05) is 18.7 Å². The van der Waals surface area contributed by atoms with Gasteiger partial charge in [0.25, 0.3) is 0 Å². The van der Waals surface area contributed by atoms with E-state index in [1.54, 1.807) is 10.6 Å². The summed E-state index contributed by atoms with van der Waals surface area (Å²) in [6, 6.07) is 5.87. The van der Waals surface area contributed by atoms with Gasteiger partial charge in [-0.1, -0.05) is 32.0 Å². The van der Waals surface area contributed by atoms with E-state index in [2.05, 4.69) is 4.98 Å². The van der Waals surface area contributed by atoms with Crippen molar-refractivity contribution in [2.75, 3.05) is 13.2 Å². The zero-order valence-electron chi connectivity index (χ0n) is 19.2. The topological polar surface area (TPSA) is 81.5 Å². The number of benzene rings is 1. The Labute approximate surface area is 194 Å². The smallest absolute Gasteiger partial charge is 0.228 e. The first-order valence-corrected chi connectivity index (χ1v) is 13.3. The van der Waals surface area contributed by atoms with E-state index < -0.39 is 21.4 Å². The van der Waals surface area contributed by atoms with E-state index in [9.17, 15) is 17.6 Å². The third-order valence-corrected chi connectivity index (χ3v) is 7.80. The van der Waals surface area contributed by atoms with Crippen LogP contribution in [-0.2, 0) is 38.2 Å². The number of hydrogen-bond acceptors (Lipinski definition) is 5. The summed E-state index contributed by atoms with van der Waals surface area (Å²) in [5, 5.41) is -0.0976. The molecule has 0 bridgehead atoms. The first-order valence-electron chi connectivity index (χ1n) is 11.7. The van der Waals surface area contributed by atoms with Crippen LogP contribution in [0.2, 0.25) is 0 Å². The molecule has 1 saturated heterocycles. The summed E-state index contributed by atoms with van der Waals surface area (Å²) in [5.74, 6) is -0.633. The molecule has 1 aromatic heterocycles. The summed E-state index contributed by atoms with van der Waals surface area (Å²) in [4.78, 5) is 18.9. The fourth-order valence-electron chi connectivity index (χ4n) is 4.24. The Morgan fingerprint density at radius 1 is 1.27 bits per heavy atom. The van der Waals surface area contributed by atoms with Gasteiger partial charge in [-0.15, -0.1) is 0 Å². The van der Waals surface area contributed by atoms with Crippen molar-refractivity contribution in [1.29, 1.82) is 0 Å². The van der Waals surface area contributed by atoms with Crippen molar-refractivity contribution < 1.29 is 22.3 Å². The lowest BCUT2D eigenvalue weighted by molar-refractivity contribution is -0.135. The molecule has 180 valence electrons. The largest absolute Gasteiger partial charge is 0.376 e. The number of carbonyl (C=O) groups excluding carboxylic acids is 1. The number of amides is 1. The Bertz CT molecular complexity index is 1090. The Balaban J connectivity index is 1.65.